The van der Waals surface area contributed by atoms with Crippen LogP contribution in [0.25, 0.3) is 10.9 Å². The first-order valence-electron chi connectivity index (χ1n) is 9.04. The Balaban J connectivity index is 1.47. The lowest BCUT2D eigenvalue weighted by atomic mass is 10.1. The molecule has 0 aliphatic carbocycles. The minimum Gasteiger partial charge on any atom is -0.462 e. The number of carbonyl (C=O) groups is 2. The maximum absolute atomic E-state index is 12.0. The molecule has 0 saturated carbocycles. The van der Waals surface area contributed by atoms with Crippen molar-refractivity contribution in [2.75, 3.05) is 18.5 Å². The third kappa shape index (κ3) is 4.88. The molecule has 140 valence electrons. The van der Waals surface area contributed by atoms with E-state index in [1.54, 1.807) is 24.3 Å². The van der Waals surface area contributed by atoms with E-state index in [0.717, 1.165) is 18.4 Å². The number of urea groups is 1. The number of benzene rings is 2. The van der Waals surface area contributed by atoms with Gasteiger partial charge in [-0.25, -0.2) is 9.59 Å². The van der Waals surface area contributed by atoms with E-state index in [1.165, 1.54) is 10.9 Å². The zero-order valence-corrected chi connectivity index (χ0v) is 15.2. The van der Waals surface area contributed by atoms with Crippen molar-refractivity contribution in [3.8, 4) is 0 Å². The summed E-state index contributed by atoms with van der Waals surface area (Å²) in [5.41, 5.74) is 3.34. The summed E-state index contributed by atoms with van der Waals surface area (Å²) < 4.78 is 5.08. The van der Waals surface area contributed by atoms with Gasteiger partial charge >= 0.3 is 12.0 Å². The number of carbonyl (C=O) groups excluding carboxylic acids is 2. The zero-order valence-electron chi connectivity index (χ0n) is 15.2. The number of fused-ring (bicyclic) bond motifs is 1. The minimum absolute atomic E-state index is 0.281. The SMILES string of the molecule is CCCOC(=O)c1ccc(NC(=O)NCCc2c[nH]c3ccccc23)cc1. The van der Waals surface area contributed by atoms with Gasteiger partial charge in [-0.05, 0) is 48.7 Å². The van der Waals surface area contributed by atoms with Crippen LogP contribution in [0.5, 0.6) is 0 Å². The van der Waals surface area contributed by atoms with Crippen molar-refractivity contribution in [3.05, 3.63) is 65.9 Å². The summed E-state index contributed by atoms with van der Waals surface area (Å²) in [6.07, 6.45) is 3.49. The summed E-state index contributed by atoms with van der Waals surface area (Å²) in [6.45, 7) is 2.87. The second-order valence-corrected chi connectivity index (χ2v) is 6.20. The van der Waals surface area contributed by atoms with Crippen LogP contribution in [0.4, 0.5) is 10.5 Å². The van der Waals surface area contributed by atoms with Crippen molar-refractivity contribution in [2.24, 2.45) is 0 Å². The van der Waals surface area contributed by atoms with Crippen molar-refractivity contribution in [1.82, 2.24) is 10.3 Å². The Kier molecular flexibility index (Phi) is 6.10. The van der Waals surface area contributed by atoms with Crippen LogP contribution in [0.1, 0.15) is 29.3 Å². The van der Waals surface area contributed by atoms with Crippen molar-refractivity contribution in [2.45, 2.75) is 19.8 Å². The smallest absolute Gasteiger partial charge is 0.338 e. The van der Waals surface area contributed by atoms with Gasteiger partial charge in [-0.1, -0.05) is 25.1 Å². The molecular formula is C21H23N3O3. The summed E-state index contributed by atoms with van der Waals surface area (Å²) in [5, 5.41) is 6.77. The molecule has 1 heterocycles. The normalized spacial score (nSPS) is 10.6. The van der Waals surface area contributed by atoms with Gasteiger partial charge < -0.3 is 20.4 Å². The van der Waals surface area contributed by atoms with E-state index in [2.05, 4.69) is 21.7 Å². The molecule has 2 aromatic carbocycles. The zero-order chi connectivity index (χ0) is 19.1. The molecule has 0 radical (unpaired) electrons. The van der Waals surface area contributed by atoms with Gasteiger partial charge in [-0.15, -0.1) is 0 Å². The van der Waals surface area contributed by atoms with Crippen molar-refractivity contribution >= 4 is 28.6 Å². The van der Waals surface area contributed by atoms with Crippen LogP contribution in [-0.2, 0) is 11.2 Å². The predicted octanol–water partition coefficient (Wildman–Crippen LogP) is 4.10. The summed E-state index contributed by atoms with van der Waals surface area (Å²) in [4.78, 5) is 27.0. The van der Waals surface area contributed by atoms with Crippen molar-refractivity contribution in [3.63, 3.8) is 0 Å². The average Bonchev–Trinajstić information content (AvgIpc) is 3.10. The molecule has 6 heteroatoms. The van der Waals surface area contributed by atoms with Gasteiger partial charge in [0.15, 0.2) is 0 Å². The van der Waals surface area contributed by atoms with Crippen LogP contribution in [0.15, 0.2) is 54.7 Å². The predicted molar refractivity (Wildman–Crippen MR) is 106 cm³/mol. The number of anilines is 1. The Labute approximate surface area is 157 Å². The van der Waals surface area contributed by atoms with Crippen LogP contribution < -0.4 is 10.6 Å². The largest absolute Gasteiger partial charge is 0.462 e. The number of esters is 1. The molecule has 0 aliphatic rings. The number of aromatic nitrogens is 1. The molecule has 1 aromatic heterocycles. The summed E-state index contributed by atoms with van der Waals surface area (Å²) in [7, 11) is 0. The molecule has 27 heavy (non-hydrogen) atoms. The first-order chi connectivity index (χ1) is 13.2. The Hall–Kier alpha value is -3.28. The molecule has 3 rings (SSSR count). The van der Waals surface area contributed by atoms with Crippen LogP contribution in [0, 0.1) is 0 Å². The number of nitrogens with one attached hydrogen (secondary N) is 3. The number of para-hydroxylation sites is 1. The maximum atomic E-state index is 12.0. The summed E-state index contributed by atoms with van der Waals surface area (Å²) in [5.74, 6) is -0.355. The average molecular weight is 365 g/mol. The highest BCUT2D eigenvalue weighted by Crippen LogP contribution is 2.17. The molecule has 0 bridgehead atoms. The lowest BCUT2D eigenvalue weighted by Gasteiger charge is -2.08. The highest BCUT2D eigenvalue weighted by atomic mass is 16.5. The molecule has 0 fully saturated rings. The first-order valence-corrected chi connectivity index (χ1v) is 9.04. The molecule has 6 nitrogen and oxygen atoms in total. The second-order valence-electron chi connectivity index (χ2n) is 6.20. The molecule has 2 amide bonds. The number of rotatable bonds is 7. The van der Waals surface area contributed by atoms with Gasteiger partial charge in [-0.3, -0.25) is 0 Å². The molecule has 0 aliphatic heterocycles. The number of hydrogen-bond acceptors (Lipinski definition) is 3. The highest BCUT2D eigenvalue weighted by Gasteiger charge is 2.08. The van der Waals surface area contributed by atoms with Gasteiger partial charge in [0, 0.05) is 29.3 Å². The number of ether oxygens (including phenoxy) is 1. The van der Waals surface area contributed by atoms with Crippen LogP contribution >= 0.6 is 0 Å². The van der Waals surface area contributed by atoms with Crippen LogP contribution in [0.3, 0.4) is 0 Å². The lowest BCUT2D eigenvalue weighted by Crippen LogP contribution is -2.30. The number of aromatic amines is 1. The van der Waals surface area contributed by atoms with E-state index >= 15 is 0 Å². The molecule has 0 saturated heterocycles. The maximum Gasteiger partial charge on any atom is 0.338 e. The molecule has 0 atom stereocenters. The molecule has 0 spiro atoms. The Bertz CT molecular complexity index is 916. The van der Waals surface area contributed by atoms with E-state index in [-0.39, 0.29) is 12.0 Å². The number of amides is 2. The quantitative estimate of drug-likeness (QED) is 0.551. The van der Waals surface area contributed by atoms with E-state index in [9.17, 15) is 9.59 Å². The fourth-order valence-corrected chi connectivity index (χ4v) is 2.79. The number of hydrogen-bond donors (Lipinski definition) is 3. The Morgan fingerprint density at radius 2 is 1.85 bits per heavy atom. The Morgan fingerprint density at radius 1 is 1.07 bits per heavy atom. The highest BCUT2D eigenvalue weighted by molar-refractivity contribution is 5.92. The second kappa shape index (κ2) is 8.89. The minimum atomic E-state index is -0.355. The van der Waals surface area contributed by atoms with E-state index in [0.29, 0.717) is 24.4 Å². The van der Waals surface area contributed by atoms with Gasteiger partial charge in [0.2, 0.25) is 0 Å². The molecule has 3 aromatic rings. The van der Waals surface area contributed by atoms with E-state index in [4.69, 9.17) is 4.74 Å². The number of H-pyrrole nitrogens is 1. The topological polar surface area (TPSA) is 83.2 Å². The first kappa shape index (κ1) is 18.5. The molecule has 3 N–H and O–H groups in total. The third-order valence-corrected chi connectivity index (χ3v) is 4.17. The lowest BCUT2D eigenvalue weighted by molar-refractivity contribution is 0.0505. The van der Waals surface area contributed by atoms with Crippen molar-refractivity contribution < 1.29 is 14.3 Å². The monoisotopic (exact) mass is 365 g/mol. The van der Waals surface area contributed by atoms with Gasteiger partial charge in [-0.2, -0.15) is 0 Å². The van der Waals surface area contributed by atoms with Crippen molar-refractivity contribution in [1.29, 1.82) is 0 Å². The molecule has 0 unspecified atom stereocenters. The summed E-state index contributed by atoms with van der Waals surface area (Å²) in [6, 6.07) is 14.4. The Morgan fingerprint density at radius 3 is 2.63 bits per heavy atom. The molecular weight excluding hydrogens is 342 g/mol. The fraction of sp³-hybridized carbons (Fsp3) is 0.238. The summed E-state index contributed by atoms with van der Waals surface area (Å²) >= 11 is 0. The van der Waals surface area contributed by atoms with E-state index in [1.807, 2.05) is 31.3 Å². The van der Waals surface area contributed by atoms with Gasteiger partial charge in [0.25, 0.3) is 0 Å². The third-order valence-electron chi connectivity index (χ3n) is 4.17. The standard InChI is InChI=1S/C21H23N3O3/c1-2-13-27-20(25)15-7-9-17(10-8-15)24-21(26)22-12-11-16-14-23-19-6-4-3-5-18(16)19/h3-10,14,23H,2,11-13H2,1H3,(H2,22,24,26). The van der Waals surface area contributed by atoms with Gasteiger partial charge in [0.05, 0.1) is 12.2 Å². The van der Waals surface area contributed by atoms with Crippen LogP contribution in [-0.4, -0.2) is 30.1 Å². The van der Waals surface area contributed by atoms with Gasteiger partial charge in [0.1, 0.15) is 0 Å². The fourth-order valence-electron chi connectivity index (χ4n) is 2.79. The van der Waals surface area contributed by atoms with E-state index < -0.39 is 0 Å². The van der Waals surface area contributed by atoms with Crippen LogP contribution in [0.2, 0.25) is 0 Å².